The normalized spacial score (nSPS) is 10.3. The number of rotatable bonds is 3. The van der Waals surface area contributed by atoms with E-state index in [1.165, 1.54) is 24.6 Å². The number of methoxy groups -OCH3 is 1. The monoisotopic (exact) mass is 299 g/mol. The number of nitrogens with zero attached hydrogens (tertiary/aromatic N) is 1. The van der Waals surface area contributed by atoms with E-state index < -0.39 is 11.9 Å². The Morgan fingerprint density at radius 2 is 2.26 bits per heavy atom. The lowest BCUT2D eigenvalue weighted by Gasteiger charge is -2.03. The van der Waals surface area contributed by atoms with Crippen LogP contribution in [0.4, 0.5) is 5.00 Å². The summed E-state index contributed by atoms with van der Waals surface area (Å²) in [5.74, 6) is -0.968. The Morgan fingerprint density at radius 3 is 2.84 bits per heavy atom. The first-order valence-electron chi connectivity index (χ1n) is 5.22. The van der Waals surface area contributed by atoms with E-state index in [1.54, 1.807) is 6.07 Å². The van der Waals surface area contributed by atoms with Crippen LogP contribution in [0, 0.1) is 6.92 Å². The average molecular weight is 300 g/mol. The number of ether oxygens (including phenoxy) is 1. The van der Waals surface area contributed by atoms with E-state index in [9.17, 15) is 9.59 Å². The van der Waals surface area contributed by atoms with Crippen molar-refractivity contribution in [3.63, 3.8) is 0 Å². The summed E-state index contributed by atoms with van der Waals surface area (Å²) in [6.45, 7) is 1.83. The summed E-state index contributed by atoms with van der Waals surface area (Å²) in [7, 11) is 1.28. The molecule has 2 N–H and O–H groups in total. The summed E-state index contributed by atoms with van der Waals surface area (Å²) in [5, 5.41) is 9.39. The molecule has 8 heteroatoms. The van der Waals surface area contributed by atoms with Gasteiger partial charge >= 0.3 is 5.97 Å². The molecule has 2 heterocycles. The third-order valence-electron chi connectivity index (χ3n) is 2.31. The van der Waals surface area contributed by atoms with Gasteiger partial charge in [-0.3, -0.25) is 9.89 Å². The number of aromatic amines is 1. The van der Waals surface area contributed by atoms with Gasteiger partial charge in [-0.15, -0.1) is 11.3 Å². The average Bonchev–Trinajstić information content (AvgIpc) is 2.94. The van der Waals surface area contributed by atoms with Crippen LogP contribution in [-0.2, 0) is 4.74 Å². The fourth-order valence-electron chi connectivity index (χ4n) is 1.46. The zero-order chi connectivity index (χ0) is 14.0. The Balaban J connectivity index is 2.27. The fourth-order valence-corrected chi connectivity index (χ4v) is 2.54. The number of H-pyrrole nitrogens is 1. The van der Waals surface area contributed by atoms with E-state index in [1.807, 2.05) is 6.92 Å². The third-order valence-corrected chi connectivity index (χ3v) is 3.56. The molecule has 0 aliphatic heterocycles. The molecular weight excluding hydrogens is 290 g/mol. The predicted molar refractivity (Wildman–Crippen MR) is 71.9 cm³/mol. The molecule has 0 aromatic carbocycles. The lowest BCUT2D eigenvalue weighted by atomic mass is 10.3. The van der Waals surface area contributed by atoms with Crippen molar-refractivity contribution >= 4 is 39.8 Å². The maximum Gasteiger partial charge on any atom is 0.340 e. The number of nitrogens with one attached hydrogen (secondary N) is 2. The number of carbonyl (C=O) groups is 2. The van der Waals surface area contributed by atoms with Crippen LogP contribution < -0.4 is 5.32 Å². The van der Waals surface area contributed by atoms with Gasteiger partial charge in [0, 0.05) is 4.88 Å². The van der Waals surface area contributed by atoms with E-state index in [4.69, 9.17) is 11.6 Å². The van der Waals surface area contributed by atoms with Crippen molar-refractivity contribution in [3.05, 3.63) is 33.4 Å². The van der Waals surface area contributed by atoms with Crippen LogP contribution in [0.3, 0.4) is 0 Å². The van der Waals surface area contributed by atoms with Crippen LogP contribution in [0.5, 0.6) is 0 Å². The van der Waals surface area contributed by atoms with Crippen LogP contribution in [0.2, 0.25) is 5.02 Å². The number of halogens is 1. The molecule has 6 nitrogen and oxygen atoms in total. The standard InChI is InChI=1S/C11H10ClN3O3S/c1-5-3-6(11(17)18-2)10(19-5)14-9(16)8-7(12)4-13-15-8/h3-4H,1-2H3,(H,13,15)(H,14,16). The van der Waals surface area contributed by atoms with Gasteiger partial charge < -0.3 is 10.1 Å². The second kappa shape index (κ2) is 5.41. The number of thiophene rings is 1. The Hall–Kier alpha value is -1.86. The summed E-state index contributed by atoms with van der Waals surface area (Å²) >= 11 is 7.07. The van der Waals surface area contributed by atoms with Crippen molar-refractivity contribution in [1.29, 1.82) is 0 Å². The van der Waals surface area contributed by atoms with Gasteiger partial charge in [-0.05, 0) is 13.0 Å². The number of amides is 1. The molecule has 0 unspecified atom stereocenters. The molecule has 0 bridgehead atoms. The van der Waals surface area contributed by atoms with Crippen molar-refractivity contribution in [2.75, 3.05) is 12.4 Å². The van der Waals surface area contributed by atoms with Gasteiger partial charge in [-0.25, -0.2) is 4.79 Å². The van der Waals surface area contributed by atoms with E-state index in [2.05, 4.69) is 20.3 Å². The van der Waals surface area contributed by atoms with Crippen LogP contribution in [0.15, 0.2) is 12.3 Å². The van der Waals surface area contributed by atoms with Crippen molar-refractivity contribution in [1.82, 2.24) is 10.2 Å². The van der Waals surface area contributed by atoms with Gasteiger partial charge in [0.1, 0.15) is 10.7 Å². The topological polar surface area (TPSA) is 84.1 Å². The van der Waals surface area contributed by atoms with Crippen molar-refractivity contribution in [2.24, 2.45) is 0 Å². The van der Waals surface area contributed by atoms with Crippen LogP contribution >= 0.6 is 22.9 Å². The summed E-state index contributed by atoms with van der Waals surface area (Å²) in [6, 6.07) is 1.65. The van der Waals surface area contributed by atoms with Gasteiger partial charge in [0.15, 0.2) is 0 Å². The van der Waals surface area contributed by atoms with Gasteiger partial charge in [0.05, 0.1) is 23.9 Å². The molecule has 0 saturated heterocycles. The summed E-state index contributed by atoms with van der Waals surface area (Å²) in [5.41, 5.74) is 0.456. The predicted octanol–water partition coefficient (Wildman–Crippen LogP) is 2.47. The molecule has 19 heavy (non-hydrogen) atoms. The molecule has 100 valence electrons. The molecule has 0 spiro atoms. The Morgan fingerprint density at radius 1 is 1.53 bits per heavy atom. The zero-order valence-corrected chi connectivity index (χ0v) is 11.7. The lowest BCUT2D eigenvalue weighted by molar-refractivity contribution is 0.0602. The minimum absolute atomic E-state index is 0.142. The largest absolute Gasteiger partial charge is 0.465 e. The van der Waals surface area contributed by atoms with Crippen molar-refractivity contribution < 1.29 is 14.3 Å². The molecule has 0 radical (unpaired) electrons. The lowest BCUT2D eigenvalue weighted by Crippen LogP contribution is -2.14. The molecule has 2 rings (SSSR count). The highest BCUT2D eigenvalue weighted by atomic mass is 35.5. The molecule has 0 aliphatic carbocycles. The quantitative estimate of drug-likeness (QED) is 0.853. The Kier molecular flexibility index (Phi) is 3.87. The summed E-state index contributed by atoms with van der Waals surface area (Å²) in [4.78, 5) is 24.4. The number of carbonyl (C=O) groups excluding carboxylic acids is 2. The summed E-state index contributed by atoms with van der Waals surface area (Å²) in [6.07, 6.45) is 1.33. The Labute approximate surface area is 117 Å². The first-order chi connectivity index (χ1) is 9.02. The van der Waals surface area contributed by atoms with Crippen molar-refractivity contribution in [2.45, 2.75) is 6.92 Å². The number of anilines is 1. The van der Waals surface area contributed by atoms with Crippen LogP contribution in [-0.4, -0.2) is 29.2 Å². The molecule has 0 atom stereocenters. The number of aryl methyl sites for hydroxylation is 1. The molecule has 0 aliphatic rings. The SMILES string of the molecule is COC(=O)c1cc(C)sc1NC(=O)c1[nH]ncc1Cl. The minimum atomic E-state index is -0.504. The molecule has 1 amide bonds. The second-order valence-corrected chi connectivity index (χ2v) is 5.30. The fraction of sp³-hybridized carbons (Fsp3) is 0.182. The molecule has 2 aromatic heterocycles. The number of hydrogen-bond donors (Lipinski definition) is 2. The highest BCUT2D eigenvalue weighted by molar-refractivity contribution is 7.16. The molecular formula is C11H10ClN3O3S. The third kappa shape index (κ3) is 2.77. The van der Waals surface area contributed by atoms with E-state index >= 15 is 0 Å². The van der Waals surface area contributed by atoms with Gasteiger partial charge in [-0.1, -0.05) is 11.6 Å². The van der Waals surface area contributed by atoms with E-state index in [0.29, 0.717) is 10.6 Å². The molecule has 0 fully saturated rings. The highest BCUT2D eigenvalue weighted by Crippen LogP contribution is 2.29. The Bertz CT molecular complexity index is 635. The second-order valence-electron chi connectivity index (χ2n) is 3.64. The maximum absolute atomic E-state index is 12.0. The van der Waals surface area contributed by atoms with Gasteiger partial charge in [-0.2, -0.15) is 5.10 Å². The number of aromatic nitrogens is 2. The first kappa shape index (κ1) is 13.6. The number of hydrogen-bond acceptors (Lipinski definition) is 5. The highest BCUT2D eigenvalue weighted by Gasteiger charge is 2.19. The van der Waals surface area contributed by atoms with Crippen LogP contribution in [0.25, 0.3) is 0 Å². The first-order valence-corrected chi connectivity index (χ1v) is 6.41. The zero-order valence-electron chi connectivity index (χ0n) is 10.1. The van der Waals surface area contributed by atoms with Gasteiger partial charge in [0.2, 0.25) is 0 Å². The van der Waals surface area contributed by atoms with E-state index in [-0.39, 0.29) is 10.7 Å². The molecule has 0 saturated carbocycles. The smallest absolute Gasteiger partial charge is 0.340 e. The summed E-state index contributed by atoms with van der Waals surface area (Å²) < 4.78 is 4.66. The molecule has 2 aromatic rings. The maximum atomic E-state index is 12.0. The number of esters is 1. The van der Waals surface area contributed by atoms with Crippen molar-refractivity contribution in [3.8, 4) is 0 Å². The minimum Gasteiger partial charge on any atom is -0.465 e. The van der Waals surface area contributed by atoms with Gasteiger partial charge in [0.25, 0.3) is 5.91 Å². The van der Waals surface area contributed by atoms with Crippen LogP contribution in [0.1, 0.15) is 25.7 Å². The van der Waals surface area contributed by atoms with E-state index in [0.717, 1.165) is 4.88 Å².